The number of ether oxygens (including phenoxy) is 1. The topological polar surface area (TPSA) is 72.6 Å². The molecule has 3 atom stereocenters. The molecule has 1 rings (SSSR count). The van der Waals surface area contributed by atoms with Crippen LogP contribution in [0.3, 0.4) is 0 Å². The minimum absolute atomic E-state index is 0.0104. The van der Waals surface area contributed by atoms with E-state index in [1.54, 1.807) is 12.0 Å². The third kappa shape index (κ3) is 3.57. The van der Waals surface area contributed by atoms with Gasteiger partial charge in [-0.25, -0.2) is 0 Å². The number of rotatable bonds is 5. The van der Waals surface area contributed by atoms with Crippen LogP contribution in [0.15, 0.2) is 0 Å². The minimum Gasteiger partial charge on any atom is -0.368 e. The molecule has 0 radical (unpaired) electrons. The van der Waals surface area contributed by atoms with Crippen molar-refractivity contribution in [3.05, 3.63) is 0 Å². The molecule has 0 aliphatic carbocycles. The molecule has 2 amide bonds. The SMILES string of the molecule is CCC(C)CC(=O)N1C[C@@](I)(OC)C[C@H]1C(N)=O. The number of nitrogens with two attached hydrogens (primary N) is 1. The fourth-order valence-corrected chi connectivity index (χ4v) is 2.84. The number of primary amides is 1. The van der Waals surface area contributed by atoms with E-state index in [9.17, 15) is 9.59 Å². The summed E-state index contributed by atoms with van der Waals surface area (Å²) in [7, 11) is 1.59. The van der Waals surface area contributed by atoms with Gasteiger partial charge in [0.05, 0.1) is 6.54 Å². The van der Waals surface area contributed by atoms with Crippen molar-refractivity contribution in [3.63, 3.8) is 0 Å². The van der Waals surface area contributed by atoms with Crippen molar-refractivity contribution in [2.75, 3.05) is 13.7 Å². The van der Waals surface area contributed by atoms with Crippen LogP contribution in [0, 0.1) is 5.92 Å². The number of hydrogen-bond acceptors (Lipinski definition) is 3. The molecule has 104 valence electrons. The molecule has 0 aromatic heterocycles. The second-order valence-electron chi connectivity index (χ2n) is 4.95. The fraction of sp³-hybridized carbons (Fsp3) is 0.833. The summed E-state index contributed by atoms with van der Waals surface area (Å²) in [5.74, 6) is -0.149. The van der Waals surface area contributed by atoms with Gasteiger partial charge in [0.25, 0.3) is 0 Å². The first-order chi connectivity index (χ1) is 8.33. The largest absolute Gasteiger partial charge is 0.368 e. The summed E-state index contributed by atoms with van der Waals surface area (Å²) in [4.78, 5) is 25.2. The number of carbonyl (C=O) groups is 2. The van der Waals surface area contributed by atoms with Gasteiger partial charge in [0.1, 0.15) is 9.65 Å². The second-order valence-corrected chi connectivity index (χ2v) is 6.91. The van der Waals surface area contributed by atoms with E-state index >= 15 is 0 Å². The summed E-state index contributed by atoms with van der Waals surface area (Å²) in [5.41, 5.74) is 5.37. The number of halogens is 1. The molecule has 2 N–H and O–H groups in total. The van der Waals surface area contributed by atoms with Crippen LogP contribution >= 0.6 is 22.6 Å². The Morgan fingerprint density at radius 3 is 2.67 bits per heavy atom. The smallest absolute Gasteiger partial charge is 0.240 e. The van der Waals surface area contributed by atoms with E-state index in [0.29, 0.717) is 25.3 Å². The van der Waals surface area contributed by atoms with Gasteiger partial charge in [-0.05, 0) is 28.5 Å². The normalized spacial score (nSPS) is 29.3. The molecular formula is C12H21IN2O3. The molecule has 1 aliphatic rings. The maximum Gasteiger partial charge on any atom is 0.240 e. The standard InChI is InChI=1S/C12H21IN2O3/c1-4-8(2)5-10(16)15-7-12(13,18-3)6-9(15)11(14)17/h8-9H,4-7H2,1-3H3,(H2,14,17)/t8?,9-,12-/m0/s1. The number of likely N-dealkylation sites (tertiary alicyclic amines) is 1. The summed E-state index contributed by atoms with van der Waals surface area (Å²) < 4.78 is 4.88. The van der Waals surface area contributed by atoms with E-state index in [2.05, 4.69) is 22.6 Å². The highest BCUT2D eigenvalue weighted by Crippen LogP contribution is 2.36. The van der Waals surface area contributed by atoms with E-state index in [1.807, 2.05) is 13.8 Å². The quantitative estimate of drug-likeness (QED) is 0.587. The van der Waals surface area contributed by atoms with Crippen LogP contribution < -0.4 is 5.73 Å². The van der Waals surface area contributed by atoms with Crippen molar-refractivity contribution in [1.82, 2.24) is 4.90 Å². The van der Waals surface area contributed by atoms with Crippen molar-refractivity contribution in [2.24, 2.45) is 11.7 Å². The van der Waals surface area contributed by atoms with E-state index < -0.39 is 15.6 Å². The molecule has 18 heavy (non-hydrogen) atoms. The molecule has 1 aliphatic heterocycles. The maximum absolute atomic E-state index is 12.2. The van der Waals surface area contributed by atoms with Crippen LogP contribution in [0.4, 0.5) is 0 Å². The molecule has 1 unspecified atom stereocenters. The van der Waals surface area contributed by atoms with E-state index in [1.165, 1.54) is 0 Å². The Morgan fingerprint density at radius 1 is 1.61 bits per heavy atom. The molecule has 0 spiro atoms. The molecule has 6 heteroatoms. The van der Waals surface area contributed by atoms with Crippen LogP contribution in [-0.2, 0) is 14.3 Å². The van der Waals surface area contributed by atoms with Gasteiger partial charge in [0.2, 0.25) is 11.8 Å². The highest BCUT2D eigenvalue weighted by atomic mass is 127. The number of methoxy groups -OCH3 is 1. The third-order valence-electron chi connectivity index (χ3n) is 3.52. The lowest BCUT2D eigenvalue weighted by Crippen LogP contribution is -2.44. The molecule has 1 fully saturated rings. The first kappa shape index (κ1) is 15.7. The maximum atomic E-state index is 12.2. The van der Waals surface area contributed by atoms with Gasteiger partial charge in [-0.15, -0.1) is 0 Å². The van der Waals surface area contributed by atoms with Gasteiger partial charge < -0.3 is 15.4 Å². The van der Waals surface area contributed by atoms with Crippen molar-refractivity contribution in [3.8, 4) is 0 Å². The zero-order valence-electron chi connectivity index (χ0n) is 11.1. The lowest BCUT2D eigenvalue weighted by atomic mass is 10.0. The number of nitrogens with zero attached hydrogens (tertiary/aromatic N) is 1. The summed E-state index contributed by atoms with van der Waals surface area (Å²) in [6.07, 6.45) is 1.86. The van der Waals surface area contributed by atoms with Crippen LogP contribution in [0.25, 0.3) is 0 Å². The van der Waals surface area contributed by atoms with Crippen molar-refractivity contribution in [2.45, 2.75) is 42.8 Å². The van der Waals surface area contributed by atoms with Crippen molar-refractivity contribution >= 4 is 34.4 Å². The summed E-state index contributed by atoms with van der Waals surface area (Å²) in [6, 6.07) is -0.543. The molecule has 0 aromatic rings. The predicted molar refractivity (Wildman–Crippen MR) is 77.1 cm³/mol. The Labute approximate surface area is 122 Å². The molecule has 0 bridgehead atoms. The molecule has 1 heterocycles. The average Bonchev–Trinajstić information content (AvgIpc) is 2.68. The second kappa shape index (κ2) is 6.18. The van der Waals surface area contributed by atoms with Gasteiger partial charge in [-0.1, -0.05) is 20.3 Å². The molecule has 1 saturated heterocycles. The van der Waals surface area contributed by atoms with Crippen LogP contribution in [-0.4, -0.2) is 40.0 Å². The van der Waals surface area contributed by atoms with Crippen molar-refractivity contribution < 1.29 is 14.3 Å². The Kier molecular flexibility index (Phi) is 5.39. The summed E-state index contributed by atoms with van der Waals surface area (Å²) in [6.45, 7) is 4.50. The zero-order valence-corrected chi connectivity index (χ0v) is 13.3. The van der Waals surface area contributed by atoms with Gasteiger partial charge in [-0.3, -0.25) is 9.59 Å². The van der Waals surface area contributed by atoms with Gasteiger partial charge in [-0.2, -0.15) is 0 Å². The lowest BCUT2D eigenvalue weighted by Gasteiger charge is -2.24. The monoisotopic (exact) mass is 368 g/mol. The van der Waals surface area contributed by atoms with Gasteiger partial charge >= 0.3 is 0 Å². The predicted octanol–water partition coefficient (Wildman–Crippen LogP) is 1.29. The third-order valence-corrected chi connectivity index (χ3v) is 4.74. The first-order valence-corrected chi connectivity index (χ1v) is 7.23. The van der Waals surface area contributed by atoms with E-state index in [0.717, 1.165) is 6.42 Å². The van der Waals surface area contributed by atoms with E-state index in [4.69, 9.17) is 10.5 Å². The van der Waals surface area contributed by atoms with Gasteiger partial charge in [0.15, 0.2) is 0 Å². The average molecular weight is 368 g/mol. The first-order valence-electron chi connectivity index (χ1n) is 6.15. The summed E-state index contributed by atoms with van der Waals surface area (Å²) >= 11 is 2.15. The highest BCUT2D eigenvalue weighted by Gasteiger charge is 2.46. The molecular weight excluding hydrogens is 347 g/mol. The van der Waals surface area contributed by atoms with Crippen LogP contribution in [0.5, 0.6) is 0 Å². The zero-order chi connectivity index (χ0) is 13.9. The number of carbonyl (C=O) groups excluding carboxylic acids is 2. The molecule has 5 nitrogen and oxygen atoms in total. The molecule has 0 saturated carbocycles. The number of alkyl halides is 1. The number of hydrogen-bond donors (Lipinski definition) is 1. The molecule has 0 aromatic carbocycles. The van der Waals surface area contributed by atoms with E-state index in [-0.39, 0.29) is 5.91 Å². The van der Waals surface area contributed by atoms with Gasteiger partial charge in [0, 0.05) is 20.0 Å². The van der Waals surface area contributed by atoms with Crippen molar-refractivity contribution in [1.29, 1.82) is 0 Å². The van der Waals surface area contributed by atoms with Crippen LogP contribution in [0.1, 0.15) is 33.1 Å². The highest BCUT2D eigenvalue weighted by molar-refractivity contribution is 14.1. The minimum atomic E-state index is -0.543. The fourth-order valence-electron chi connectivity index (χ4n) is 2.05. The Morgan fingerprint density at radius 2 is 2.22 bits per heavy atom. The summed E-state index contributed by atoms with van der Waals surface area (Å²) in [5, 5.41) is 0. The van der Waals surface area contributed by atoms with Crippen LogP contribution in [0.2, 0.25) is 0 Å². The Hall–Kier alpha value is -0.370. The Balaban J connectivity index is 2.78. The lowest BCUT2D eigenvalue weighted by molar-refractivity contribution is -0.138. The number of amides is 2. The Bertz CT molecular complexity index is 337.